The van der Waals surface area contributed by atoms with Gasteiger partial charge in [0.1, 0.15) is 0 Å². The van der Waals surface area contributed by atoms with Crippen LogP contribution in [0.2, 0.25) is 5.02 Å². The number of nitrogens with two attached hydrogens (primary N) is 1. The highest BCUT2D eigenvalue weighted by Gasteiger charge is 2.15. The van der Waals surface area contributed by atoms with Gasteiger partial charge in [-0.25, -0.2) is 0 Å². The lowest BCUT2D eigenvalue weighted by atomic mass is 10.2. The van der Waals surface area contributed by atoms with Crippen LogP contribution >= 0.6 is 11.6 Å². The van der Waals surface area contributed by atoms with Gasteiger partial charge in [-0.15, -0.1) is 0 Å². The van der Waals surface area contributed by atoms with Crippen LogP contribution in [-0.2, 0) is 15.9 Å². The van der Waals surface area contributed by atoms with E-state index >= 15 is 0 Å². The van der Waals surface area contributed by atoms with Crippen molar-refractivity contribution in [1.82, 2.24) is 10.1 Å². The van der Waals surface area contributed by atoms with Crippen LogP contribution in [0.15, 0.2) is 22.7 Å². The molecule has 0 aliphatic carbocycles. The number of ether oxygens (including phenoxy) is 2. The van der Waals surface area contributed by atoms with Crippen molar-refractivity contribution >= 4 is 17.3 Å². The molecule has 0 aliphatic rings. The largest absolute Gasteiger partial charge is 0.398 e. The van der Waals surface area contributed by atoms with Crippen molar-refractivity contribution in [2.24, 2.45) is 0 Å². The number of benzene rings is 1. The third kappa shape index (κ3) is 3.69. The molecule has 0 bridgehead atoms. The molecule has 2 rings (SSSR count). The number of anilines is 1. The van der Waals surface area contributed by atoms with Crippen molar-refractivity contribution in [2.45, 2.75) is 6.42 Å². The highest BCUT2D eigenvalue weighted by atomic mass is 35.5. The molecule has 1 heterocycles. The summed E-state index contributed by atoms with van der Waals surface area (Å²) >= 11 is 6.09. The van der Waals surface area contributed by atoms with Crippen LogP contribution in [0.1, 0.15) is 5.82 Å². The van der Waals surface area contributed by atoms with Gasteiger partial charge in [-0.05, 0) is 12.1 Å². The number of rotatable bonds is 7. The van der Waals surface area contributed by atoms with E-state index in [1.807, 2.05) is 0 Å². The molecule has 6 nitrogen and oxygen atoms in total. The molecule has 1 aromatic heterocycles. The highest BCUT2D eigenvalue weighted by molar-refractivity contribution is 6.33. The van der Waals surface area contributed by atoms with Crippen molar-refractivity contribution in [3.05, 3.63) is 29.0 Å². The molecule has 0 unspecified atom stereocenters. The number of nitrogens with zero attached hydrogens (tertiary/aromatic N) is 2. The minimum Gasteiger partial charge on any atom is -0.398 e. The summed E-state index contributed by atoms with van der Waals surface area (Å²) in [7, 11) is 1.63. The molecule has 20 heavy (non-hydrogen) atoms. The van der Waals surface area contributed by atoms with Crippen LogP contribution in [0, 0.1) is 0 Å². The van der Waals surface area contributed by atoms with Crippen LogP contribution in [0.25, 0.3) is 11.5 Å². The first-order valence-electron chi connectivity index (χ1n) is 6.16. The molecule has 0 spiro atoms. The molecule has 7 heteroatoms. The summed E-state index contributed by atoms with van der Waals surface area (Å²) in [4.78, 5) is 4.27. The molecule has 0 amide bonds. The van der Waals surface area contributed by atoms with Crippen LogP contribution in [0.4, 0.5) is 5.69 Å². The number of halogens is 1. The molecule has 0 atom stereocenters. The number of nitrogen functional groups attached to an aromatic ring is 1. The van der Waals surface area contributed by atoms with Gasteiger partial charge in [0, 0.05) is 19.2 Å². The van der Waals surface area contributed by atoms with Crippen molar-refractivity contribution in [2.75, 3.05) is 32.7 Å². The van der Waals surface area contributed by atoms with E-state index in [4.69, 9.17) is 31.3 Å². The van der Waals surface area contributed by atoms with Crippen molar-refractivity contribution < 1.29 is 14.0 Å². The Balaban J connectivity index is 1.98. The Kier molecular flexibility index (Phi) is 5.34. The summed E-state index contributed by atoms with van der Waals surface area (Å²) in [6.07, 6.45) is 0.553. The fourth-order valence-electron chi connectivity index (χ4n) is 1.63. The second-order valence-corrected chi connectivity index (χ2v) is 4.48. The van der Waals surface area contributed by atoms with E-state index in [9.17, 15) is 0 Å². The van der Waals surface area contributed by atoms with Crippen LogP contribution in [0.3, 0.4) is 0 Å². The molecule has 0 aliphatic heterocycles. The Labute approximate surface area is 121 Å². The third-order valence-electron chi connectivity index (χ3n) is 2.63. The van der Waals surface area contributed by atoms with Crippen LogP contribution < -0.4 is 5.73 Å². The topological polar surface area (TPSA) is 83.4 Å². The Morgan fingerprint density at radius 2 is 2.15 bits per heavy atom. The van der Waals surface area contributed by atoms with E-state index < -0.39 is 0 Å². The second kappa shape index (κ2) is 7.23. The first-order chi connectivity index (χ1) is 9.72. The highest BCUT2D eigenvalue weighted by Crippen LogP contribution is 2.31. The maximum atomic E-state index is 6.09. The predicted molar refractivity (Wildman–Crippen MR) is 75.6 cm³/mol. The molecule has 2 N–H and O–H groups in total. The molecular weight excluding hydrogens is 282 g/mol. The fourth-order valence-corrected chi connectivity index (χ4v) is 1.89. The minimum atomic E-state index is 0.319. The van der Waals surface area contributed by atoms with E-state index in [0.29, 0.717) is 54.2 Å². The summed E-state index contributed by atoms with van der Waals surface area (Å²) in [5, 5.41) is 4.36. The molecular formula is C13H16ClN3O3. The zero-order valence-corrected chi connectivity index (χ0v) is 11.9. The average molecular weight is 298 g/mol. The number of hydrogen-bond acceptors (Lipinski definition) is 6. The molecule has 0 radical (unpaired) electrons. The Bertz CT molecular complexity index is 539. The number of aromatic nitrogens is 2. The normalized spacial score (nSPS) is 10.9. The number of hydrogen-bond donors (Lipinski definition) is 1. The maximum Gasteiger partial charge on any atom is 0.261 e. The van der Waals surface area contributed by atoms with Crippen molar-refractivity contribution in [3.8, 4) is 11.5 Å². The third-order valence-corrected chi connectivity index (χ3v) is 2.94. The molecule has 0 fully saturated rings. The predicted octanol–water partition coefficient (Wildman–Crippen LogP) is 2.18. The first kappa shape index (κ1) is 14.8. The monoisotopic (exact) mass is 297 g/mol. The van der Waals surface area contributed by atoms with Gasteiger partial charge in [-0.1, -0.05) is 22.8 Å². The van der Waals surface area contributed by atoms with Gasteiger partial charge in [0.05, 0.1) is 30.4 Å². The Morgan fingerprint density at radius 1 is 1.30 bits per heavy atom. The number of methoxy groups -OCH3 is 1. The molecule has 2 aromatic rings. The van der Waals surface area contributed by atoms with Gasteiger partial charge in [0.25, 0.3) is 5.89 Å². The van der Waals surface area contributed by atoms with Crippen LogP contribution in [-0.4, -0.2) is 37.1 Å². The average Bonchev–Trinajstić information content (AvgIpc) is 2.87. The molecule has 0 saturated heterocycles. The SMILES string of the molecule is COCCOCCc1noc(-c2c(N)cccc2Cl)n1. The van der Waals surface area contributed by atoms with Gasteiger partial charge in [-0.2, -0.15) is 4.98 Å². The van der Waals surface area contributed by atoms with Gasteiger partial charge in [-0.3, -0.25) is 0 Å². The lowest BCUT2D eigenvalue weighted by molar-refractivity contribution is 0.0714. The lowest BCUT2D eigenvalue weighted by Crippen LogP contribution is -2.05. The Morgan fingerprint density at radius 3 is 2.90 bits per heavy atom. The summed E-state index contributed by atoms with van der Waals surface area (Å²) in [5.41, 5.74) is 6.93. The molecule has 1 aromatic carbocycles. The molecule has 108 valence electrons. The van der Waals surface area contributed by atoms with E-state index in [1.165, 1.54) is 0 Å². The zero-order chi connectivity index (χ0) is 14.4. The van der Waals surface area contributed by atoms with E-state index in [0.717, 1.165) is 0 Å². The summed E-state index contributed by atoms with van der Waals surface area (Å²) in [6.45, 7) is 1.60. The summed E-state index contributed by atoms with van der Waals surface area (Å²) < 4.78 is 15.4. The minimum absolute atomic E-state index is 0.319. The van der Waals surface area contributed by atoms with Crippen LogP contribution in [0.5, 0.6) is 0 Å². The van der Waals surface area contributed by atoms with E-state index in [-0.39, 0.29) is 0 Å². The lowest BCUT2D eigenvalue weighted by Gasteiger charge is -2.02. The summed E-state index contributed by atoms with van der Waals surface area (Å²) in [6, 6.07) is 5.23. The zero-order valence-electron chi connectivity index (χ0n) is 11.1. The van der Waals surface area contributed by atoms with Gasteiger partial charge in [0.2, 0.25) is 0 Å². The molecule has 0 saturated carbocycles. The standard InChI is InChI=1S/C13H16ClN3O3/c1-18-7-8-19-6-5-11-16-13(20-17-11)12-9(14)3-2-4-10(12)15/h2-4H,5-8,15H2,1H3. The van der Waals surface area contributed by atoms with E-state index in [2.05, 4.69) is 10.1 Å². The van der Waals surface area contributed by atoms with Gasteiger partial charge < -0.3 is 19.7 Å². The van der Waals surface area contributed by atoms with Crippen molar-refractivity contribution in [3.63, 3.8) is 0 Å². The van der Waals surface area contributed by atoms with Gasteiger partial charge >= 0.3 is 0 Å². The summed E-state index contributed by atoms with van der Waals surface area (Å²) in [5.74, 6) is 0.872. The van der Waals surface area contributed by atoms with E-state index in [1.54, 1.807) is 25.3 Å². The van der Waals surface area contributed by atoms with Crippen molar-refractivity contribution in [1.29, 1.82) is 0 Å². The quantitative estimate of drug-likeness (QED) is 0.623. The fraction of sp³-hybridized carbons (Fsp3) is 0.385. The Hall–Kier alpha value is -1.63. The maximum absolute atomic E-state index is 6.09. The first-order valence-corrected chi connectivity index (χ1v) is 6.53. The smallest absolute Gasteiger partial charge is 0.261 e. The second-order valence-electron chi connectivity index (χ2n) is 4.07. The van der Waals surface area contributed by atoms with Gasteiger partial charge in [0.15, 0.2) is 5.82 Å².